The van der Waals surface area contributed by atoms with Crippen molar-refractivity contribution in [3.63, 3.8) is 0 Å². The monoisotopic (exact) mass is 283 g/mol. The number of nitrogens with zero attached hydrogens (tertiary/aromatic N) is 1. The van der Waals surface area contributed by atoms with Crippen molar-refractivity contribution < 1.29 is 5.11 Å². The van der Waals surface area contributed by atoms with Crippen molar-refractivity contribution in [2.24, 2.45) is 0 Å². The zero-order valence-corrected chi connectivity index (χ0v) is 11.0. The molecule has 0 radical (unpaired) electrons. The smallest absolute Gasteiger partial charge is 0.115 e. The van der Waals surface area contributed by atoms with Gasteiger partial charge in [0.05, 0.1) is 0 Å². The molecule has 0 spiro atoms. The van der Waals surface area contributed by atoms with Crippen LogP contribution in [0.25, 0.3) is 0 Å². The molecule has 3 heteroatoms. The van der Waals surface area contributed by atoms with Gasteiger partial charge in [-0.1, -0.05) is 28.8 Å². The minimum absolute atomic E-state index is 0.355. The Labute approximate surface area is 105 Å². The molecule has 0 aromatic heterocycles. The highest BCUT2D eigenvalue weighted by atomic mass is 79.9. The summed E-state index contributed by atoms with van der Waals surface area (Å²) in [6.07, 6.45) is 5.32. The molecule has 2 nitrogen and oxygen atoms in total. The van der Waals surface area contributed by atoms with Gasteiger partial charge in [0.25, 0.3) is 0 Å². The molecule has 1 aliphatic rings. The molecule has 0 saturated carbocycles. The second-order valence-electron chi connectivity index (χ2n) is 4.47. The van der Waals surface area contributed by atoms with Crippen LogP contribution in [0.4, 0.5) is 0 Å². The largest absolute Gasteiger partial charge is 0.508 e. The number of aromatic hydroxyl groups is 1. The molecule has 0 unspecified atom stereocenters. The second kappa shape index (κ2) is 5.69. The number of phenolic OH excluding ortho intramolecular Hbond substituents is 1. The van der Waals surface area contributed by atoms with Gasteiger partial charge in [0.2, 0.25) is 0 Å². The van der Waals surface area contributed by atoms with Gasteiger partial charge < -0.3 is 5.11 Å². The minimum Gasteiger partial charge on any atom is -0.508 e. The summed E-state index contributed by atoms with van der Waals surface area (Å²) >= 11 is 3.54. The van der Waals surface area contributed by atoms with Crippen LogP contribution >= 0.6 is 15.9 Å². The van der Waals surface area contributed by atoms with Gasteiger partial charge in [0.15, 0.2) is 0 Å². The summed E-state index contributed by atoms with van der Waals surface area (Å²) in [5, 5.41) is 9.48. The van der Waals surface area contributed by atoms with Crippen LogP contribution in [-0.4, -0.2) is 23.1 Å². The zero-order chi connectivity index (χ0) is 11.4. The SMILES string of the molecule is Oc1ccc(Br)c(CN2CCCCCC2)c1. The van der Waals surface area contributed by atoms with E-state index >= 15 is 0 Å². The number of halogens is 1. The Hall–Kier alpha value is -0.540. The van der Waals surface area contributed by atoms with Crippen LogP contribution in [0.3, 0.4) is 0 Å². The lowest BCUT2D eigenvalue weighted by molar-refractivity contribution is 0.276. The fourth-order valence-electron chi connectivity index (χ4n) is 2.22. The standard InChI is InChI=1S/C13H18BrNO/c14-13-6-5-12(16)9-11(13)10-15-7-3-1-2-4-8-15/h5-6,9,16H,1-4,7-8,10H2. The van der Waals surface area contributed by atoms with Crippen molar-refractivity contribution >= 4 is 15.9 Å². The lowest BCUT2D eigenvalue weighted by atomic mass is 10.2. The van der Waals surface area contributed by atoms with Crippen LogP contribution in [0, 0.1) is 0 Å². The molecule has 1 fully saturated rings. The van der Waals surface area contributed by atoms with E-state index in [2.05, 4.69) is 20.8 Å². The maximum absolute atomic E-state index is 9.48. The van der Waals surface area contributed by atoms with Gasteiger partial charge in [-0.25, -0.2) is 0 Å². The van der Waals surface area contributed by atoms with Crippen molar-refractivity contribution in [3.05, 3.63) is 28.2 Å². The van der Waals surface area contributed by atoms with Crippen molar-refractivity contribution in [2.75, 3.05) is 13.1 Å². The molecule has 1 saturated heterocycles. The zero-order valence-electron chi connectivity index (χ0n) is 9.45. The minimum atomic E-state index is 0.355. The Balaban J connectivity index is 2.04. The van der Waals surface area contributed by atoms with Crippen molar-refractivity contribution in [1.82, 2.24) is 4.90 Å². The average molecular weight is 284 g/mol. The lowest BCUT2D eigenvalue weighted by Crippen LogP contribution is -2.24. The van der Waals surface area contributed by atoms with Crippen molar-refractivity contribution in [3.8, 4) is 5.75 Å². The first-order valence-electron chi connectivity index (χ1n) is 5.95. The summed E-state index contributed by atoms with van der Waals surface area (Å²) < 4.78 is 1.09. The highest BCUT2D eigenvalue weighted by molar-refractivity contribution is 9.10. The molecule has 0 atom stereocenters. The van der Waals surface area contributed by atoms with E-state index in [1.54, 1.807) is 6.07 Å². The van der Waals surface area contributed by atoms with E-state index < -0.39 is 0 Å². The molecular formula is C13H18BrNO. The van der Waals surface area contributed by atoms with E-state index in [9.17, 15) is 5.11 Å². The molecule has 2 rings (SSSR count). The predicted octanol–water partition coefficient (Wildman–Crippen LogP) is 3.53. The predicted molar refractivity (Wildman–Crippen MR) is 69.6 cm³/mol. The maximum Gasteiger partial charge on any atom is 0.115 e. The number of benzene rings is 1. The highest BCUT2D eigenvalue weighted by Crippen LogP contribution is 2.24. The Morgan fingerprint density at radius 2 is 1.81 bits per heavy atom. The number of hydrogen-bond acceptors (Lipinski definition) is 2. The molecule has 1 heterocycles. The molecule has 1 N–H and O–H groups in total. The molecule has 0 bridgehead atoms. The highest BCUT2D eigenvalue weighted by Gasteiger charge is 2.11. The molecule has 0 amide bonds. The van der Waals surface area contributed by atoms with Gasteiger partial charge in [0.1, 0.15) is 5.75 Å². The molecule has 1 aliphatic heterocycles. The second-order valence-corrected chi connectivity index (χ2v) is 5.32. The molecular weight excluding hydrogens is 266 g/mol. The first kappa shape index (κ1) is 11.9. The van der Waals surface area contributed by atoms with Crippen LogP contribution in [0.1, 0.15) is 31.2 Å². The van der Waals surface area contributed by atoms with E-state index in [0.717, 1.165) is 11.0 Å². The van der Waals surface area contributed by atoms with Gasteiger partial charge in [0, 0.05) is 11.0 Å². The fraction of sp³-hybridized carbons (Fsp3) is 0.538. The number of rotatable bonds is 2. The van der Waals surface area contributed by atoms with E-state index in [4.69, 9.17) is 0 Å². The van der Waals surface area contributed by atoms with E-state index in [-0.39, 0.29) is 0 Å². The quantitative estimate of drug-likeness (QED) is 0.898. The summed E-state index contributed by atoms with van der Waals surface area (Å²) in [5.41, 5.74) is 1.18. The normalized spacial score (nSPS) is 18.3. The first-order valence-corrected chi connectivity index (χ1v) is 6.75. The summed E-state index contributed by atoms with van der Waals surface area (Å²) in [6.45, 7) is 3.30. The summed E-state index contributed by atoms with van der Waals surface area (Å²) in [4.78, 5) is 2.48. The molecule has 88 valence electrons. The van der Waals surface area contributed by atoms with Crippen LogP contribution in [-0.2, 0) is 6.54 Å². The summed E-state index contributed by atoms with van der Waals surface area (Å²) in [5.74, 6) is 0.355. The van der Waals surface area contributed by atoms with Crippen molar-refractivity contribution in [2.45, 2.75) is 32.2 Å². The molecule has 1 aromatic carbocycles. The molecule has 16 heavy (non-hydrogen) atoms. The number of hydrogen-bond donors (Lipinski definition) is 1. The van der Waals surface area contributed by atoms with Gasteiger partial charge >= 0.3 is 0 Å². The van der Waals surface area contributed by atoms with Crippen molar-refractivity contribution in [1.29, 1.82) is 0 Å². The Kier molecular flexibility index (Phi) is 4.24. The topological polar surface area (TPSA) is 23.5 Å². The first-order chi connectivity index (χ1) is 7.75. The Morgan fingerprint density at radius 3 is 2.50 bits per heavy atom. The lowest BCUT2D eigenvalue weighted by Gasteiger charge is -2.20. The van der Waals surface area contributed by atoms with Crippen LogP contribution in [0.5, 0.6) is 5.75 Å². The third-order valence-corrected chi connectivity index (χ3v) is 3.90. The molecule has 0 aliphatic carbocycles. The van der Waals surface area contributed by atoms with Gasteiger partial charge in [-0.3, -0.25) is 4.90 Å². The fourth-order valence-corrected chi connectivity index (χ4v) is 2.59. The number of likely N-dealkylation sites (tertiary alicyclic amines) is 1. The Morgan fingerprint density at radius 1 is 1.12 bits per heavy atom. The average Bonchev–Trinajstić information content (AvgIpc) is 2.52. The van der Waals surface area contributed by atoms with Gasteiger partial charge in [-0.15, -0.1) is 0 Å². The van der Waals surface area contributed by atoms with Crippen LogP contribution in [0.2, 0.25) is 0 Å². The van der Waals surface area contributed by atoms with E-state index in [1.165, 1.54) is 44.3 Å². The summed E-state index contributed by atoms with van der Waals surface area (Å²) in [6, 6.07) is 5.49. The van der Waals surface area contributed by atoms with Crippen LogP contribution < -0.4 is 0 Å². The molecule has 1 aromatic rings. The van der Waals surface area contributed by atoms with E-state index in [1.807, 2.05) is 12.1 Å². The summed E-state index contributed by atoms with van der Waals surface area (Å²) in [7, 11) is 0. The third-order valence-electron chi connectivity index (χ3n) is 3.12. The Bertz CT molecular complexity index is 346. The maximum atomic E-state index is 9.48. The van der Waals surface area contributed by atoms with Gasteiger partial charge in [-0.2, -0.15) is 0 Å². The van der Waals surface area contributed by atoms with E-state index in [0.29, 0.717) is 5.75 Å². The van der Waals surface area contributed by atoms with Gasteiger partial charge in [-0.05, 0) is 49.7 Å². The van der Waals surface area contributed by atoms with Crippen LogP contribution in [0.15, 0.2) is 22.7 Å². The number of phenols is 1. The third kappa shape index (κ3) is 3.22.